The zero-order valence-electron chi connectivity index (χ0n) is 17.0. The Morgan fingerprint density at radius 1 is 1.18 bits per heavy atom. The molecule has 2 aliphatic heterocycles. The Morgan fingerprint density at radius 3 is 2.64 bits per heavy atom. The number of pyridine rings is 1. The predicted molar refractivity (Wildman–Crippen MR) is 110 cm³/mol. The van der Waals surface area contributed by atoms with Gasteiger partial charge in [0.05, 0.1) is 19.3 Å². The fourth-order valence-electron chi connectivity index (χ4n) is 4.47. The normalized spacial score (nSPS) is 22.0. The molecule has 150 valence electrons. The molecular formula is C23H31N3O2. The molecule has 0 bridgehead atoms. The Hall–Kier alpha value is -1.95. The molecule has 2 aliphatic rings. The summed E-state index contributed by atoms with van der Waals surface area (Å²) in [6, 6.07) is 13.1. The number of likely N-dealkylation sites (N-methyl/N-ethyl adjacent to an activating group) is 1. The maximum Gasteiger partial charge on any atom is 0.118 e. The number of piperidine rings is 1. The molecule has 1 spiro atoms. The number of hydrogen-bond acceptors (Lipinski definition) is 5. The highest BCUT2D eigenvalue weighted by molar-refractivity contribution is 5.27. The minimum absolute atomic E-state index is 0.0737. The minimum atomic E-state index is 0.0737. The molecule has 2 saturated heterocycles. The summed E-state index contributed by atoms with van der Waals surface area (Å²) >= 11 is 0. The monoisotopic (exact) mass is 381 g/mol. The van der Waals surface area contributed by atoms with Crippen LogP contribution in [0, 0.1) is 0 Å². The van der Waals surface area contributed by atoms with Crippen LogP contribution in [0.5, 0.6) is 5.75 Å². The molecule has 28 heavy (non-hydrogen) atoms. The van der Waals surface area contributed by atoms with E-state index in [-0.39, 0.29) is 5.60 Å². The first-order valence-electron chi connectivity index (χ1n) is 10.2. The van der Waals surface area contributed by atoms with Gasteiger partial charge in [0.25, 0.3) is 0 Å². The summed E-state index contributed by atoms with van der Waals surface area (Å²) in [7, 11) is 3.92. The van der Waals surface area contributed by atoms with E-state index in [0.29, 0.717) is 6.04 Å². The Balaban J connectivity index is 1.27. The number of ether oxygens (including phenoxy) is 2. The number of rotatable bonds is 6. The second-order valence-electron chi connectivity index (χ2n) is 8.25. The third-order valence-electron chi connectivity index (χ3n) is 6.30. The SMILES string of the molecule is COc1ccc(CN2CCC3(CC2)C[C@H](N(C)Cc2cccnc2)CO3)cc1. The van der Waals surface area contributed by atoms with Crippen LogP contribution in [0.3, 0.4) is 0 Å². The zero-order chi connectivity index (χ0) is 19.4. The number of nitrogens with zero attached hydrogens (tertiary/aromatic N) is 3. The lowest BCUT2D eigenvalue weighted by Gasteiger charge is -2.39. The second kappa shape index (κ2) is 8.60. The van der Waals surface area contributed by atoms with Gasteiger partial charge >= 0.3 is 0 Å². The van der Waals surface area contributed by atoms with Gasteiger partial charge in [0.2, 0.25) is 0 Å². The standard InChI is InChI=1S/C23H31N3O2/c1-25(16-20-4-3-11-24-15-20)21-14-23(28-18-21)9-12-26(13-10-23)17-19-5-7-22(27-2)8-6-19/h3-8,11,15,21H,9-10,12-14,16-18H2,1-2H3/t21-/m0/s1. The van der Waals surface area contributed by atoms with Crippen LogP contribution in [0.25, 0.3) is 0 Å². The van der Waals surface area contributed by atoms with Crippen molar-refractivity contribution in [2.45, 2.75) is 44.0 Å². The fraction of sp³-hybridized carbons (Fsp3) is 0.522. The lowest BCUT2D eigenvalue weighted by Crippen LogP contribution is -2.44. The molecule has 5 heteroatoms. The van der Waals surface area contributed by atoms with Crippen molar-refractivity contribution in [2.24, 2.45) is 0 Å². The van der Waals surface area contributed by atoms with Gasteiger partial charge in [0.1, 0.15) is 5.75 Å². The van der Waals surface area contributed by atoms with Gasteiger partial charge in [-0.3, -0.25) is 14.8 Å². The van der Waals surface area contributed by atoms with Crippen LogP contribution in [-0.2, 0) is 17.8 Å². The van der Waals surface area contributed by atoms with Gasteiger partial charge < -0.3 is 9.47 Å². The van der Waals surface area contributed by atoms with Gasteiger partial charge in [0.15, 0.2) is 0 Å². The van der Waals surface area contributed by atoms with E-state index in [1.54, 1.807) is 7.11 Å². The molecule has 1 aromatic heterocycles. The summed E-state index contributed by atoms with van der Waals surface area (Å²) in [6.07, 6.45) is 7.18. The molecule has 0 unspecified atom stereocenters. The van der Waals surface area contributed by atoms with Gasteiger partial charge in [-0.25, -0.2) is 0 Å². The maximum absolute atomic E-state index is 6.38. The van der Waals surface area contributed by atoms with Crippen LogP contribution in [0.2, 0.25) is 0 Å². The first-order chi connectivity index (χ1) is 13.7. The number of benzene rings is 1. The van der Waals surface area contributed by atoms with E-state index >= 15 is 0 Å². The molecule has 3 heterocycles. The van der Waals surface area contributed by atoms with Gasteiger partial charge in [-0.05, 0) is 55.6 Å². The molecule has 0 aliphatic carbocycles. The van der Waals surface area contributed by atoms with Crippen LogP contribution in [0.4, 0.5) is 0 Å². The van der Waals surface area contributed by atoms with E-state index in [1.165, 1.54) is 11.1 Å². The van der Waals surface area contributed by atoms with Crippen molar-refractivity contribution in [1.82, 2.24) is 14.8 Å². The van der Waals surface area contributed by atoms with Crippen molar-refractivity contribution in [3.05, 3.63) is 59.9 Å². The van der Waals surface area contributed by atoms with E-state index in [4.69, 9.17) is 9.47 Å². The van der Waals surface area contributed by atoms with Crippen LogP contribution >= 0.6 is 0 Å². The summed E-state index contributed by atoms with van der Waals surface area (Å²) in [5.41, 5.74) is 2.68. The van der Waals surface area contributed by atoms with Crippen LogP contribution < -0.4 is 4.74 Å². The summed E-state index contributed by atoms with van der Waals surface area (Å²) in [4.78, 5) is 9.20. The van der Waals surface area contributed by atoms with Gasteiger partial charge in [-0.1, -0.05) is 18.2 Å². The fourth-order valence-corrected chi connectivity index (χ4v) is 4.47. The van der Waals surface area contributed by atoms with Gasteiger partial charge in [-0.15, -0.1) is 0 Å². The van der Waals surface area contributed by atoms with Crippen LogP contribution in [0.15, 0.2) is 48.8 Å². The lowest BCUT2D eigenvalue weighted by molar-refractivity contribution is -0.0452. The molecule has 2 fully saturated rings. The van der Waals surface area contributed by atoms with Crippen molar-refractivity contribution in [3.63, 3.8) is 0 Å². The number of methoxy groups -OCH3 is 1. The van der Waals surface area contributed by atoms with Gasteiger partial charge in [-0.2, -0.15) is 0 Å². The Bertz CT molecular complexity index is 742. The molecular weight excluding hydrogens is 350 g/mol. The van der Waals surface area contributed by atoms with E-state index in [1.807, 2.05) is 30.6 Å². The lowest BCUT2D eigenvalue weighted by atomic mass is 9.87. The molecule has 4 rings (SSSR count). The maximum atomic E-state index is 6.38. The molecule has 0 radical (unpaired) electrons. The van der Waals surface area contributed by atoms with E-state index in [0.717, 1.165) is 57.8 Å². The highest BCUT2D eigenvalue weighted by Crippen LogP contribution is 2.38. The van der Waals surface area contributed by atoms with Gasteiger partial charge in [0, 0.05) is 44.6 Å². The molecule has 1 aromatic carbocycles. The topological polar surface area (TPSA) is 37.8 Å². The third kappa shape index (κ3) is 4.54. The summed E-state index contributed by atoms with van der Waals surface area (Å²) in [5.74, 6) is 0.919. The first kappa shape index (κ1) is 19.4. The number of aromatic nitrogens is 1. The average Bonchev–Trinajstić information content (AvgIpc) is 3.15. The summed E-state index contributed by atoms with van der Waals surface area (Å²) in [5, 5.41) is 0. The van der Waals surface area contributed by atoms with Crippen molar-refractivity contribution in [2.75, 3.05) is 33.9 Å². The van der Waals surface area contributed by atoms with Crippen LogP contribution in [-0.4, -0.2) is 60.3 Å². The first-order valence-corrected chi connectivity index (χ1v) is 10.2. The average molecular weight is 382 g/mol. The number of likely N-dealkylation sites (tertiary alicyclic amines) is 1. The van der Waals surface area contributed by atoms with Crippen LogP contribution in [0.1, 0.15) is 30.4 Å². The van der Waals surface area contributed by atoms with Crippen molar-refractivity contribution >= 4 is 0 Å². The van der Waals surface area contributed by atoms with E-state index < -0.39 is 0 Å². The Kier molecular flexibility index (Phi) is 5.95. The largest absolute Gasteiger partial charge is 0.497 e. The molecule has 0 amide bonds. The highest BCUT2D eigenvalue weighted by atomic mass is 16.5. The predicted octanol–water partition coefficient (Wildman–Crippen LogP) is 3.35. The molecule has 0 N–H and O–H groups in total. The minimum Gasteiger partial charge on any atom is -0.497 e. The quantitative estimate of drug-likeness (QED) is 0.767. The van der Waals surface area contributed by atoms with Crippen molar-refractivity contribution in [1.29, 1.82) is 0 Å². The molecule has 0 saturated carbocycles. The second-order valence-corrected chi connectivity index (χ2v) is 8.25. The summed E-state index contributed by atoms with van der Waals surface area (Å²) in [6.45, 7) is 4.98. The molecule has 5 nitrogen and oxygen atoms in total. The van der Waals surface area contributed by atoms with E-state index in [2.05, 4.69) is 40.0 Å². The smallest absolute Gasteiger partial charge is 0.118 e. The van der Waals surface area contributed by atoms with E-state index in [9.17, 15) is 0 Å². The summed E-state index contributed by atoms with van der Waals surface area (Å²) < 4.78 is 11.6. The Labute approximate surface area is 168 Å². The Morgan fingerprint density at radius 2 is 1.96 bits per heavy atom. The molecule has 2 aromatic rings. The van der Waals surface area contributed by atoms with Crippen molar-refractivity contribution < 1.29 is 9.47 Å². The highest BCUT2D eigenvalue weighted by Gasteiger charge is 2.43. The van der Waals surface area contributed by atoms with Crippen molar-refractivity contribution in [3.8, 4) is 5.75 Å². The molecule has 1 atom stereocenters. The third-order valence-corrected chi connectivity index (χ3v) is 6.30. The zero-order valence-corrected chi connectivity index (χ0v) is 17.0. The number of hydrogen-bond donors (Lipinski definition) is 0.